The summed E-state index contributed by atoms with van der Waals surface area (Å²) in [6.07, 6.45) is 1.23. The van der Waals surface area contributed by atoms with Gasteiger partial charge in [0.2, 0.25) is 5.22 Å². The molecule has 1 fully saturated rings. The number of halogens is 1. The lowest BCUT2D eigenvalue weighted by Crippen LogP contribution is -2.34. The molecule has 2 heterocycles. The summed E-state index contributed by atoms with van der Waals surface area (Å²) >= 11 is 5.69. The van der Waals surface area contributed by atoms with E-state index >= 15 is 0 Å². The van der Waals surface area contributed by atoms with E-state index in [1.54, 1.807) is 0 Å². The van der Waals surface area contributed by atoms with Crippen LogP contribution in [0.4, 0.5) is 0 Å². The molecular weight excluding hydrogens is 246 g/mol. The highest BCUT2D eigenvalue weighted by Crippen LogP contribution is 2.22. The van der Waals surface area contributed by atoms with Crippen LogP contribution < -0.4 is 5.32 Å². The van der Waals surface area contributed by atoms with E-state index in [2.05, 4.69) is 5.32 Å². The smallest absolute Gasteiger partial charge is 0.256 e. The average molecular weight is 260 g/mol. The molecule has 1 aromatic rings. The number of hydrogen-bond donors (Lipinski definition) is 1. The fourth-order valence-corrected chi connectivity index (χ4v) is 1.82. The third-order valence-corrected chi connectivity index (χ3v) is 2.71. The standard InChI is InChI=1S/C11H14ClNO4/c1-11(2)16-6-7(17-11)5-13-10(14)8-3-4-15-9(8)12/h3-4,7H,5-6H2,1-2H3,(H,13,14). The number of hydrogen-bond acceptors (Lipinski definition) is 4. The molecule has 0 bridgehead atoms. The Labute approximate surface area is 104 Å². The lowest BCUT2D eigenvalue weighted by atomic mass is 10.3. The first-order valence-corrected chi connectivity index (χ1v) is 5.69. The molecule has 2 rings (SSSR count). The third kappa shape index (κ3) is 3.00. The molecular formula is C11H14ClNO4. The number of amides is 1. The molecule has 0 aromatic carbocycles. The molecule has 1 N–H and O–H groups in total. The minimum absolute atomic E-state index is 0.0893. The molecule has 0 saturated carbocycles. The summed E-state index contributed by atoms with van der Waals surface area (Å²) in [4.78, 5) is 11.7. The highest BCUT2D eigenvalue weighted by Gasteiger charge is 2.32. The van der Waals surface area contributed by atoms with Crippen LogP contribution in [0.3, 0.4) is 0 Å². The molecule has 1 atom stereocenters. The van der Waals surface area contributed by atoms with E-state index in [4.69, 9.17) is 25.5 Å². The highest BCUT2D eigenvalue weighted by molar-refractivity contribution is 6.32. The van der Waals surface area contributed by atoms with Gasteiger partial charge in [-0.1, -0.05) is 0 Å². The Morgan fingerprint density at radius 2 is 2.41 bits per heavy atom. The van der Waals surface area contributed by atoms with Gasteiger partial charge in [-0.3, -0.25) is 4.79 Å². The van der Waals surface area contributed by atoms with Gasteiger partial charge in [0.05, 0.1) is 18.4 Å². The topological polar surface area (TPSA) is 60.7 Å². The Morgan fingerprint density at radius 3 is 2.94 bits per heavy atom. The van der Waals surface area contributed by atoms with E-state index in [9.17, 15) is 4.79 Å². The lowest BCUT2D eigenvalue weighted by molar-refractivity contribution is -0.137. The zero-order valence-electron chi connectivity index (χ0n) is 9.66. The second-order valence-corrected chi connectivity index (χ2v) is 4.61. The molecule has 1 amide bonds. The Morgan fingerprint density at radius 1 is 1.65 bits per heavy atom. The van der Waals surface area contributed by atoms with Gasteiger partial charge in [0, 0.05) is 6.54 Å². The van der Waals surface area contributed by atoms with Crippen molar-refractivity contribution < 1.29 is 18.7 Å². The quantitative estimate of drug-likeness (QED) is 0.899. The predicted molar refractivity (Wildman–Crippen MR) is 61.0 cm³/mol. The second kappa shape index (κ2) is 4.68. The van der Waals surface area contributed by atoms with Crippen LogP contribution in [0, 0.1) is 0 Å². The summed E-state index contributed by atoms with van der Waals surface area (Å²) in [5.74, 6) is -0.861. The summed E-state index contributed by atoms with van der Waals surface area (Å²) in [6, 6.07) is 1.52. The maximum Gasteiger partial charge on any atom is 0.256 e. The van der Waals surface area contributed by atoms with E-state index in [0.717, 1.165) is 0 Å². The predicted octanol–water partition coefficient (Wildman–Crippen LogP) is 1.81. The van der Waals surface area contributed by atoms with Crippen LogP contribution in [-0.2, 0) is 9.47 Å². The molecule has 6 heteroatoms. The first kappa shape index (κ1) is 12.4. The van der Waals surface area contributed by atoms with Gasteiger partial charge in [0.1, 0.15) is 6.10 Å². The lowest BCUT2D eigenvalue weighted by Gasteiger charge is -2.17. The molecule has 1 aliphatic heterocycles. The van der Waals surface area contributed by atoms with Gasteiger partial charge in [0.15, 0.2) is 5.79 Å². The normalized spacial score (nSPS) is 22.6. The van der Waals surface area contributed by atoms with Crippen molar-refractivity contribution in [3.63, 3.8) is 0 Å². The molecule has 17 heavy (non-hydrogen) atoms. The van der Waals surface area contributed by atoms with Crippen molar-refractivity contribution in [1.82, 2.24) is 5.32 Å². The Balaban J connectivity index is 1.84. The number of carbonyl (C=O) groups excluding carboxylic acids is 1. The minimum Gasteiger partial charge on any atom is -0.452 e. The summed E-state index contributed by atoms with van der Waals surface area (Å²) in [5.41, 5.74) is 0.324. The van der Waals surface area contributed by atoms with Crippen molar-refractivity contribution in [1.29, 1.82) is 0 Å². The average Bonchev–Trinajstić information content (AvgIpc) is 2.81. The van der Waals surface area contributed by atoms with Crippen LogP contribution in [-0.4, -0.2) is 30.9 Å². The van der Waals surface area contributed by atoms with Gasteiger partial charge in [-0.15, -0.1) is 0 Å². The van der Waals surface area contributed by atoms with Crippen LogP contribution in [0.15, 0.2) is 16.7 Å². The zero-order valence-corrected chi connectivity index (χ0v) is 10.4. The summed E-state index contributed by atoms with van der Waals surface area (Å²) < 4.78 is 15.8. The van der Waals surface area contributed by atoms with E-state index in [0.29, 0.717) is 18.7 Å². The second-order valence-electron chi connectivity index (χ2n) is 4.27. The monoisotopic (exact) mass is 259 g/mol. The first-order valence-electron chi connectivity index (χ1n) is 5.31. The van der Waals surface area contributed by atoms with Gasteiger partial charge >= 0.3 is 0 Å². The third-order valence-electron chi connectivity index (χ3n) is 2.42. The molecule has 1 aromatic heterocycles. The zero-order chi connectivity index (χ0) is 12.5. The number of carbonyl (C=O) groups is 1. The number of nitrogens with one attached hydrogen (secondary N) is 1. The number of ether oxygens (including phenoxy) is 2. The van der Waals surface area contributed by atoms with E-state index < -0.39 is 5.79 Å². The van der Waals surface area contributed by atoms with Gasteiger partial charge < -0.3 is 19.2 Å². The van der Waals surface area contributed by atoms with Crippen LogP contribution in [0.2, 0.25) is 5.22 Å². The summed E-state index contributed by atoms with van der Waals surface area (Å²) in [5, 5.41) is 2.81. The molecule has 1 saturated heterocycles. The largest absolute Gasteiger partial charge is 0.452 e. The molecule has 0 radical (unpaired) electrons. The van der Waals surface area contributed by atoms with Gasteiger partial charge in [-0.05, 0) is 31.5 Å². The van der Waals surface area contributed by atoms with Crippen molar-refractivity contribution in [3.8, 4) is 0 Å². The summed E-state index contributed by atoms with van der Waals surface area (Å²) in [6.45, 7) is 4.51. The molecule has 5 nitrogen and oxygen atoms in total. The molecule has 0 aliphatic carbocycles. The first-order chi connectivity index (χ1) is 7.98. The van der Waals surface area contributed by atoms with E-state index in [-0.39, 0.29) is 17.2 Å². The Bertz CT molecular complexity index is 415. The summed E-state index contributed by atoms with van der Waals surface area (Å²) in [7, 11) is 0. The van der Waals surface area contributed by atoms with Gasteiger partial charge in [0.25, 0.3) is 5.91 Å². The maximum absolute atomic E-state index is 11.7. The minimum atomic E-state index is -0.581. The van der Waals surface area contributed by atoms with Crippen LogP contribution in [0.25, 0.3) is 0 Å². The van der Waals surface area contributed by atoms with Crippen LogP contribution in [0.5, 0.6) is 0 Å². The van der Waals surface area contributed by atoms with E-state index in [1.165, 1.54) is 12.3 Å². The van der Waals surface area contributed by atoms with Crippen molar-refractivity contribution in [2.45, 2.75) is 25.7 Å². The van der Waals surface area contributed by atoms with Crippen LogP contribution in [0.1, 0.15) is 24.2 Å². The van der Waals surface area contributed by atoms with E-state index in [1.807, 2.05) is 13.8 Å². The van der Waals surface area contributed by atoms with Gasteiger partial charge in [-0.25, -0.2) is 0 Å². The SMILES string of the molecule is CC1(C)OCC(CNC(=O)c2ccoc2Cl)O1. The molecule has 94 valence electrons. The highest BCUT2D eigenvalue weighted by atomic mass is 35.5. The number of furan rings is 1. The Hall–Kier alpha value is -1.04. The van der Waals surface area contributed by atoms with Crippen molar-refractivity contribution in [3.05, 3.63) is 23.1 Å². The fraction of sp³-hybridized carbons (Fsp3) is 0.545. The van der Waals surface area contributed by atoms with Gasteiger partial charge in [-0.2, -0.15) is 0 Å². The van der Waals surface area contributed by atoms with Crippen molar-refractivity contribution >= 4 is 17.5 Å². The van der Waals surface area contributed by atoms with Crippen molar-refractivity contribution in [2.75, 3.05) is 13.2 Å². The van der Waals surface area contributed by atoms with Crippen LogP contribution >= 0.6 is 11.6 Å². The molecule has 0 spiro atoms. The fourth-order valence-electron chi connectivity index (χ4n) is 1.62. The maximum atomic E-state index is 11.7. The van der Waals surface area contributed by atoms with Crippen molar-refractivity contribution in [2.24, 2.45) is 0 Å². The molecule has 1 unspecified atom stereocenters. The number of rotatable bonds is 3. The Kier molecular flexibility index (Phi) is 3.42. The molecule has 1 aliphatic rings.